The number of nitrogens with zero attached hydrogens (tertiary/aromatic N) is 1. The number of carbonyl (C=O) groups excluding carboxylic acids is 1. The molecule has 1 aromatic heterocycles. The number of H-pyrrole nitrogens is 1. The molecule has 0 aliphatic carbocycles. The zero-order chi connectivity index (χ0) is 9.80. The van der Waals surface area contributed by atoms with Crippen LogP contribution in [0.5, 0.6) is 0 Å². The molecule has 0 spiro atoms. The molecular weight excluding hydrogens is 180 g/mol. The Morgan fingerprint density at radius 2 is 2.64 bits per heavy atom. The Hall–Kier alpha value is -1.16. The summed E-state index contributed by atoms with van der Waals surface area (Å²) in [5.41, 5.74) is 1.51. The van der Waals surface area contributed by atoms with Gasteiger partial charge >= 0.3 is 0 Å². The molecule has 14 heavy (non-hydrogen) atoms. The van der Waals surface area contributed by atoms with Gasteiger partial charge in [0, 0.05) is 18.9 Å². The van der Waals surface area contributed by atoms with Gasteiger partial charge in [0.2, 0.25) is 0 Å². The van der Waals surface area contributed by atoms with E-state index in [1.807, 2.05) is 6.07 Å². The molecule has 76 valence electrons. The summed E-state index contributed by atoms with van der Waals surface area (Å²) in [6.45, 7) is 1.72. The van der Waals surface area contributed by atoms with Gasteiger partial charge in [-0.1, -0.05) is 0 Å². The SMILES string of the molecule is O=Cc1cc(CC2CCCOC2)[nH]n1. The van der Waals surface area contributed by atoms with E-state index in [9.17, 15) is 4.79 Å². The first kappa shape index (κ1) is 9.40. The van der Waals surface area contributed by atoms with E-state index in [2.05, 4.69) is 10.2 Å². The third kappa shape index (κ3) is 2.20. The van der Waals surface area contributed by atoms with Crippen LogP contribution in [0.2, 0.25) is 0 Å². The monoisotopic (exact) mass is 194 g/mol. The smallest absolute Gasteiger partial charge is 0.170 e. The van der Waals surface area contributed by atoms with E-state index in [1.54, 1.807) is 0 Å². The standard InChI is InChI=1S/C10H14N2O2/c13-6-10-5-9(11-12-10)4-8-2-1-3-14-7-8/h5-6,8H,1-4,7H2,(H,11,12). The molecule has 1 aliphatic heterocycles. The Morgan fingerprint density at radius 3 is 3.29 bits per heavy atom. The van der Waals surface area contributed by atoms with E-state index in [0.717, 1.165) is 38.0 Å². The van der Waals surface area contributed by atoms with Gasteiger partial charge in [0.1, 0.15) is 5.69 Å². The first-order valence-corrected chi connectivity index (χ1v) is 4.95. The number of carbonyl (C=O) groups is 1. The Bertz CT molecular complexity index is 303. The van der Waals surface area contributed by atoms with Gasteiger partial charge in [-0.3, -0.25) is 9.89 Å². The van der Waals surface area contributed by atoms with Crippen LogP contribution in [0.4, 0.5) is 0 Å². The molecule has 1 fully saturated rings. The summed E-state index contributed by atoms with van der Waals surface area (Å²) in [6.07, 6.45) is 4.03. The second kappa shape index (κ2) is 4.37. The molecular formula is C10H14N2O2. The third-order valence-corrected chi connectivity index (χ3v) is 2.53. The minimum absolute atomic E-state index is 0.483. The molecule has 1 N–H and O–H groups in total. The molecule has 1 unspecified atom stereocenters. The summed E-state index contributed by atoms with van der Waals surface area (Å²) < 4.78 is 5.38. The van der Waals surface area contributed by atoms with Crippen molar-refractivity contribution in [3.8, 4) is 0 Å². The topological polar surface area (TPSA) is 55.0 Å². The third-order valence-electron chi connectivity index (χ3n) is 2.53. The fourth-order valence-corrected chi connectivity index (χ4v) is 1.82. The summed E-state index contributed by atoms with van der Waals surface area (Å²) in [5, 5.41) is 6.73. The molecule has 0 bridgehead atoms. The average Bonchev–Trinajstić information content (AvgIpc) is 2.67. The van der Waals surface area contributed by atoms with Gasteiger partial charge in [-0.15, -0.1) is 0 Å². The maximum absolute atomic E-state index is 10.4. The lowest BCUT2D eigenvalue weighted by molar-refractivity contribution is 0.0547. The summed E-state index contributed by atoms with van der Waals surface area (Å²) in [5.74, 6) is 0.573. The molecule has 0 radical (unpaired) electrons. The maximum Gasteiger partial charge on any atom is 0.170 e. The molecule has 1 saturated heterocycles. The molecule has 0 amide bonds. The minimum atomic E-state index is 0.483. The van der Waals surface area contributed by atoms with Crippen LogP contribution in [0.3, 0.4) is 0 Å². The maximum atomic E-state index is 10.4. The van der Waals surface area contributed by atoms with Crippen LogP contribution in [-0.2, 0) is 11.2 Å². The number of rotatable bonds is 3. The Kier molecular flexibility index (Phi) is 2.93. The Morgan fingerprint density at radius 1 is 1.71 bits per heavy atom. The first-order chi connectivity index (χ1) is 6.88. The number of aromatic nitrogens is 2. The second-order valence-electron chi connectivity index (χ2n) is 3.72. The largest absolute Gasteiger partial charge is 0.381 e. The van der Waals surface area contributed by atoms with Gasteiger partial charge in [0.05, 0.1) is 0 Å². The fourth-order valence-electron chi connectivity index (χ4n) is 1.82. The highest BCUT2D eigenvalue weighted by Crippen LogP contribution is 2.17. The fraction of sp³-hybridized carbons (Fsp3) is 0.600. The van der Waals surface area contributed by atoms with Gasteiger partial charge in [-0.2, -0.15) is 5.10 Å². The van der Waals surface area contributed by atoms with E-state index < -0.39 is 0 Å². The van der Waals surface area contributed by atoms with Gasteiger partial charge in [0.15, 0.2) is 6.29 Å². The molecule has 0 aromatic carbocycles. The molecule has 1 atom stereocenters. The number of aromatic amines is 1. The molecule has 2 rings (SSSR count). The quantitative estimate of drug-likeness (QED) is 0.735. The molecule has 2 heterocycles. The molecule has 1 aliphatic rings. The van der Waals surface area contributed by atoms with Gasteiger partial charge in [-0.25, -0.2) is 0 Å². The highest BCUT2D eigenvalue weighted by molar-refractivity contribution is 5.71. The van der Waals surface area contributed by atoms with Crippen molar-refractivity contribution in [1.82, 2.24) is 10.2 Å². The number of aldehydes is 1. The minimum Gasteiger partial charge on any atom is -0.381 e. The van der Waals surface area contributed by atoms with Gasteiger partial charge in [0.25, 0.3) is 0 Å². The predicted molar refractivity (Wildman–Crippen MR) is 51.2 cm³/mol. The summed E-state index contributed by atoms with van der Waals surface area (Å²) in [6, 6.07) is 1.81. The van der Waals surface area contributed by atoms with Crippen LogP contribution >= 0.6 is 0 Å². The van der Waals surface area contributed by atoms with Crippen molar-refractivity contribution in [1.29, 1.82) is 0 Å². The van der Waals surface area contributed by atoms with Crippen LogP contribution in [0.15, 0.2) is 6.07 Å². The van der Waals surface area contributed by atoms with E-state index >= 15 is 0 Å². The average molecular weight is 194 g/mol. The zero-order valence-corrected chi connectivity index (χ0v) is 8.03. The Balaban J connectivity index is 1.92. The molecule has 0 saturated carbocycles. The van der Waals surface area contributed by atoms with Gasteiger partial charge < -0.3 is 4.74 Å². The van der Waals surface area contributed by atoms with Crippen molar-refractivity contribution in [2.45, 2.75) is 19.3 Å². The lowest BCUT2D eigenvalue weighted by Gasteiger charge is -2.20. The summed E-state index contributed by atoms with van der Waals surface area (Å²) in [4.78, 5) is 10.4. The molecule has 1 aromatic rings. The van der Waals surface area contributed by atoms with Crippen molar-refractivity contribution in [2.75, 3.05) is 13.2 Å². The molecule has 4 heteroatoms. The Labute approximate surface area is 82.7 Å². The summed E-state index contributed by atoms with van der Waals surface area (Å²) in [7, 11) is 0. The number of hydrogen-bond acceptors (Lipinski definition) is 3. The first-order valence-electron chi connectivity index (χ1n) is 4.95. The van der Waals surface area contributed by atoms with E-state index in [4.69, 9.17) is 4.74 Å². The van der Waals surface area contributed by atoms with E-state index in [-0.39, 0.29) is 0 Å². The van der Waals surface area contributed by atoms with E-state index in [0.29, 0.717) is 11.6 Å². The van der Waals surface area contributed by atoms with Crippen molar-refractivity contribution >= 4 is 6.29 Å². The van der Waals surface area contributed by atoms with Crippen LogP contribution in [0, 0.1) is 5.92 Å². The highest BCUT2D eigenvalue weighted by atomic mass is 16.5. The van der Waals surface area contributed by atoms with Crippen molar-refractivity contribution < 1.29 is 9.53 Å². The van der Waals surface area contributed by atoms with Crippen molar-refractivity contribution in [3.63, 3.8) is 0 Å². The number of ether oxygens (including phenoxy) is 1. The van der Waals surface area contributed by atoms with Crippen LogP contribution in [0.25, 0.3) is 0 Å². The lowest BCUT2D eigenvalue weighted by atomic mass is 9.97. The summed E-state index contributed by atoms with van der Waals surface area (Å²) >= 11 is 0. The van der Waals surface area contributed by atoms with Crippen LogP contribution < -0.4 is 0 Å². The van der Waals surface area contributed by atoms with Gasteiger partial charge in [-0.05, 0) is 31.2 Å². The van der Waals surface area contributed by atoms with Crippen molar-refractivity contribution in [3.05, 3.63) is 17.5 Å². The van der Waals surface area contributed by atoms with Crippen LogP contribution in [-0.4, -0.2) is 29.7 Å². The van der Waals surface area contributed by atoms with E-state index in [1.165, 1.54) is 6.42 Å². The number of nitrogens with one attached hydrogen (secondary N) is 1. The van der Waals surface area contributed by atoms with Crippen molar-refractivity contribution in [2.24, 2.45) is 5.92 Å². The number of hydrogen-bond donors (Lipinski definition) is 1. The predicted octanol–water partition coefficient (Wildman–Crippen LogP) is 1.19. The van der Waals surface area contributed by atoms with Crippen LogP contribution in [0.1, 0.15) is 29.0 Å². The highest BCUT2D eigenvalue weighted by Gasteiger charge is 2.15. The zero-order valence-electron chi connectivity index (χ0n) is 8.03. The second-order valence-corrected chi connectivity index (χ2v) is 3.72. The molecule has 4 nitrogen and oxygen atoms in total. The normalized spacial score (nSPS) is 22.1. The lowest BCUT2D eigenvalue weighted by Crippen LogP contribution is -2.19.